The maximum atomic E-state index is 13.7. The van der Waals surface area contributed by atoms with Gasteiger partial charge in [0.25, 0.3) is 0 Å². The van der Waals surface area contributed by atoms with Crippen molar-refractivity contribution in [1.29, 1.82) is 0 Å². The highest BCUT2D eigenvalue weighted by Gasteiger charge is 2.21. The average Bonchev–Trinajstić information content (AvgIpc) is 2.77. The molecule has 1 atom stereocenters. The van der Waals surface area contributed by atoms with Crippen molar-refractivity contribution in [3.05, 3.63) is 57.3 Å². The van der Waals surface area contributed by atoms with Crippen LogP contribution in [0, 0.1) is 18.6 Å². The molecule has 1 unspecified atom stereocenters. The molecule has 4 heteroatoms. The number of aliphatic hydroxyl groups excluding tert-OH is 1. The standard InChI is InChI=1S/C12H10F2OS/c1-7-4-5-8(13)10(11(7)14)12(15)9-3-2-6-16-9/h2-6,12,15H,1H3. The van der Waals surface area contributed by atoms with Crippen molar-refractivity contribution in [1.82, 2.24) is 0 Å². The molecule has 1 aromatic heterocycles. The van der Waals surface area contributed by atoms with Gasteiger partial charge in [0.15, 0.2) is 0 Å². The normalized spacial score (nSPS) is 12.8. The first-order valence-corrected chi connectivity index (χ1v) is 5.65. The fourth-order valence-electron chi connectivity index (χ4n) is 1.52. The largest absolute Gasteiger partial charge is 0.383 e. The smallest absolute Gasteiger partial charge is 0.135 e. The summed E-state index contributed by atoms with van der Waals surface area (Å²) in [6.45, 7) is 1.54. The second-order valence-corrected chi connectivity index (χ2v) is 4.49. The van der Waals surface area contributed by atoms with Crippen LogP contribution in [-0.4, -0.2) is 5.11 Å². The minimum atomic E-state index is -1.24. The Morgan fingerprint density at radius 1 is 1.25 bits per heavy atom. The molecule has 1 aromatic carbocycles. The summed E-state index contributed by atoms with van der Waals surface area (Å²) in [4.78, 5) is 0.531. The van der Waals surface area contributed by atoms with Crippen LogP contribution >= 0.6 is 11.3 Å². The first-order chi connectivity index (χ1) is 7.61. The molecular weight excluding hydrogens is 230 g/mol. The Bertz CT molecular complexity index is 494. The minimum absolute atomic E-state index is 0.276. The fraction of sp³-hybridized carbons (Fsp3) is 0.167. The quantitative estimate of drug-likeness (QED) is 0.852. The zero-order chi connectivity index (χ0) is 11.7. The van der Waals surface area contributed by atoms with Gasteiger partial charge in [0, 0.05) is 4.88 Å². The van der Waals surface area contributed by atoms with Crippen LogP contribution in [0.2, 0.25) is 0 Å². The van der Waals surface area contributed by atoms with Gasteiger partial charge < -0.3 is 5.11 Å². The number of rotatable bonds is 2. The molecule has 0 aliphatic heterocycles. The van der Waals surface area contributed by atoms with Crippen molar-refractivity contribution < 1.29 is 13.9 Å². The summed E-state index contributed by atoms with van der Waals surface area (Å²) in [6, 6.07) is 5.91. The number of aryl methyl sites for hydroxylation is 1. The highest BCUT2D eigenvalue weighted by Crippen LogP contribution is 2.30. The van der Waals surface area contributed by atoms with E-state index >= 15 is 0 Å². The molecule has 0 saturated carbocycles. The van der Waals surface area contributed by atoms with Gasteiger partial charge in [-0.3, -0.25) is 0 Å². The summed E-state index contributed by atoms with van der Waals surface area (Å²) in [5.41, 5.74) is 0.0504. The molecule has 2 aromatic rings. The van der Waals surface area contributed by atoms with Gasteiger partial charge in [-0.05, 0) is 30.0 Å². The second-order valence-electron chi connectivity index (χ2n) is 3.51. The van der Waals surface area contributed by atoms with Gasteiger partial charge in [0.1, 0.15) is 17.7 Å². The Morgan fingerprint density at radius 3 is 2.62 bits per heavy atom. The van der Waals surface area contributed by atoms with Crippen molar-refractivity contribution in [3.63, 3.8) is 0 Å². The van der Waals surface area contributed by atoms with Gasteiger partial charge in [-0.25, -0.2) is 8.78 Å². The Labute approximate surface area is 96.0 Å². The molecule has 0 amide bonds. The lowest BCUT2D eigenvalue weighted by Crippen LogP contribution is -2.05. The number of benzene rings is 1. The van der Waals surface area contributed by atoms with Crippen LogP contribution in [0.15, 0.2) is 29.6 Å². The van der Waals surface area contributed by atoms with Crippen LogP contribution in [0.5, 0.6) is 0 Å². The molecule has 2 rings (SSSR count). The Hall–Kier alpha value is -1.26. The molecule has 0 radical (unpaired) electrons. The third kappa shape index (κ3) is 1.86. The maximum Gasteiger partial charge on any atom is 0.135 e. The molecule has 0 aliphatic rings. The van der Waals surface area contributed by atoms with E-state index in [0.717, 1.165) is 0 Å². The van der Waals surface area contributed by atoms with E-state index in [0.29, 0.717) is 10.4 Å². The molecule has 1 N–H and O–H groups in total. The van der Waals surface area contributed by atoms with Crippen molar-refractivity contribution in [2.24, 2.45) is 0 Å². The van der Waals surface area contributed by atoms with Crippen LogP contribution < -0.4 is 0 Å². The third-order valence-electron chi connectivity index (χ3n) is 2.41. The summed E-state index contributed by atoms with van der Waals surface area (Å²) < 4.78 is 27.2. The number of thiophene rings is 1. The van der Waals surface area contributed by atoms with E-state index in [1.807, 2.05) is 0 Å². The maximum absolute atomic E-state index is 13.7. The number of halogens is 2. The van der Waals surface area contributed by atoms with E-state index in [1.165, 1.54) is 23.5 Å². The van der Waals surface area contributed by atoms with Gasteiger partial charge in [0.2, 0.25) is 0 Å². The molecule has 1 nitrogen and oxygen atoms in total. The Balaban J connectivity index is 2.52. The van der Waals surface area contributed by atoms with E-state index < -0.39 is 17.7 Å². The minimum Gasteiger partial charge on any atom is -0.383 e. The van der Waals surface area contributed by atoms with Crippen LogP contribution in [0.3, 0.4) is 0 Å². The monoisotopic (exact) mass is 240 g/mol. The summed E-state index contributed by atoms with van der Waals surface area (Å²) in [5, 5.41) is 11.7. The molecule has 0 aliphatic carbocycles. The summed E-state index contributed by atoms with van der Waals surface area (Å²) in [6.07, 6.45) is -1.24. The van der Waals surface area contributed by atoms with E-state index in [-0.39, 0.29) is 5.56 Å². The van der Waals surface area contributed by atoms with Gasteiger partial charge in [0.05, 0.1) is 5.56 Å². The highest BCUT2D eigenvalue weighted by molar-refractivity contribution is 7.10. The van der Waals surface area contributed by atoms with Crippen molar-refractivity contribution in [2.45, 2.75) is 13.0 Å². The summed E-state index contributed by atoms with van der Waals surface area (Å²) in [7, 11) is 0. The molecule has 0 fully saturated rings. The lowest BCUT2D eigenvalue weighted by molar-refractivity contribution is 0.212. The molecular formula is C12H10F2OS. The highest BCUT2D eigenvalue weighted by atomic mass is 32.1. The van der Waals surface area contributed by atoms with E-state index in [2.05, 4.69) is 0 Å². The second kappa shape index (κ2) is 4.31. The van der Waals surface area contributed by atoms with E-state index in [4.69, 9.17) is 0 Å². The van der Waals surface area contributed by atoms with Crippen molar-refractivity contribution >= 4 is 11.3 Å². The predicted molar refractivity (Wildman–Crippen MR) is 59.5 cm³/mol. The summed E-state index contributed by atoms with van der Waals surface area (Å²) in [5.74, 6) is -1.40. The van der Waals surface area contributed by atoms with Crippen LogP contribution in [-0.2, 0) is 0 Å². The van der Waals surface area contributed by atoms with Crippen molar-refractivity contribution in [2.75, 3.05) is 0 Å². The fourth-order valence-corrected chi connectivity index (χ4v) is 2.24. The first-order valence-electron chi connectivity index (χ1n) is 4.77. The van der Waals surface area contributed by atoms with E-state index in [9.17, 15) is 13.9 Å². The van der Waals surface area contributed by atoms with Gasteiger partial charge in [-0.1, -0.05) is 12.1 Å². The topological polar surface area (TPSA) is 20.2 Å². The first kappa shape index (κ1) is 11.2. The lowest BCUT2D eigenvalue weighted by atomic mass is 10.0. The predicted octanol–water partition coefficient (Wildman–Crippen LogP) is 3.42. The van der Waals surface area contributed by atoms with Gasteiger partial charge in [-0.15, -0.1) is 11.3 Å². The number of hydrogen-bond acceptors (Lipinski definition) is 2. The van der Waals surface area contributed by atoms with Crippen LogP contribution in [0.25, 0.3) is 0 Å². The lowest BCUT2D eigenvalue weighted by Gasteiger charge is -2.12. The van der Waals surface area contributed by atoms with Gasteiger partial charge >= 0.3 is 0 Å². The van der Waals surface area contributed by atoms with Crippen LogP contribution in [0.1, 0.15) is 22.1 Å². The number of hydrogen-bond donors (Lipinski definition) is 1. The molecule has 0 bridgehead atoms. The van der Waals surface area contributed by atoms with Crippen LogP contribution in [0.4, 0.5) is 8.78 Å². The molecule has 0 saturated heterocycles. The average molecular weight is 240 g/mol. The molecule has 1 heterocycles. The zero-order valence-corrected chi connectivity index (χ0v) is 9.39. The molecule has 84 valence electrons. The molecule has 16 heavy (non-hydrogen) atoms. The number of aliphatic hydroxyl groups is 1. The Kier molecular flexibility index (Phi) is 3.03. The summed E-state index contributed by atoms with van der Waals surface area (Å²) >= 11 is 1.27. The van der Waals surface area contributed by atoms with Gasteiger partial charge in [-0.2, -0.15) is 0 Å². The third-order valence-corrected chi connectivity index (χ3v) is 3.33. The zero-order valence-electron chi connectivity index (χ0n) is 8.58. The van der Waals surface area contributed by atoms with E-state index in [1.54, 1.807) is 24.4 Å². The Morgan fingerprint density at radius 2 is 2.00 bits per heavy atom. The SMILES string of the molecule is Cc1ccc(F)c(C(O)c2cccs2)c1F. The van der Waals surface area contributed by atoms with Crippen molar-refractivity contribution in [3.8, 4) is 0 Å². The molecule has 0 spiro atoms.